The molecule has 0 unspecified atom stereocenters. The van der Waals surface area contributed by atoms with Crippen LogP contribution < -0.4 is 16.0 Å². The van der Waals surface area contributed by atoms with Crippen molar-refractivity contribution in [1.29, 1.82) is 0 Å². The van der Waals surface area contributed by atoms with Crippen LogP contribution >= 0.6 is 24.0 Å². The predicted octanol–water partition coefficient (Wildman–Crippen LogP) is 3.44. The number of anilines is 1. The lowest BCUT2D eigenvalue weighted by Crippen LogP contribution is -2.36. The van der Waals surface area contributed by atoms with Gasteiger partial charge in [0.05, 0.1) is 13.7 Å². The van der Waals surface area contributed by atoms with Crippen molar-refractivity contribution in [3.8, 4) is 0 Å². The van der Waals surface area contributed by atoms with Crippen molar-refractivity contribution in [2.45, 2.75) is 20.0 Å². The minimum atomic E-state index is -0.501. The number of ether oxygens (including phenoxy) is 1. The lowest BCUT2D eigenvalue weighted by Gasteiger charge is -2.13. The number of hydrogen-bond acceptors (Lipinski definition) is 4. The Balaban J connectivity index is 0.00000480. The Bertz CT molecular complexity index is 868. The van der Waals surface area contributed by atoms with Gasteiger partial charge in [0.25, 0.3) is 5.91 Å². The van der Waals surface area contributed by atoms with Crippen LogP contribution in [0.25, 0.3) is 0 Å². The van der Waals surface area contributed by atoms with Gasteiger partial charge in [0, 0.05) is 38.4 Å². The predicted molar refractivity (Wildman–Crippen MR) is 134 cm³/mol. The summed E-state index contributed by atoms with van der Waals surface area (Å²) >= 11 is 0. The van der Waals surface area contributed by atoms with Crippen LogP contribution in [-0.4, -0.2) is 50.6 Å². The van der Waals surface area contributed by atoms with Crippen molar-refractivity contribution in [3.63, 3.8) is 0 Å². The summed E-state index contributed by atoms with van der Waals surface area (Å²) in [4.78, 5) is 29.4. The maximum absolute atomic E-state index is 12.0. The van der Waals surface area contributed by atoms with Crippen LogP contribution in [-0.2, 0) is 17.8 Å². The fraction of sp³-hybridized carbons (Fsp3) is 0.318. The second-order valence-electron chi connectivity index (χ2n) is 6.76. The van der Waals surface area contributed by atoms with E-state index in [0.29, 0.717) is 30.3 Å². The molecular formula is C22H30IN5O3. The summed E-state index contributed by atoms with van der Waals surface area (Å²) in [6, 6.07) is 14.9. The van der Waals surface area contributed by atoms with Gasteiger partial charge in [-0.3, -0.25) is 10.1 Å². The van der Waals surface area contributed by atoms with Gasteiger partial charge in [0.2, 0.25) is 0 Å². The van der Waals surface area contributed by atoms with E-state index in [2.05, 4.69) is 25.7 Å². The third-order valence-corrected chi connectivity index (χ3v) is 4.22. The standard InChI is InChI=1S/C22H29N5O3.HI/c1-5-23-21(24-14-16-6-10-18(11-7-16)20(28)27(2)3)25-15-17-8-12-19(13-9-17)26-22(29)30-4;/h6-13H,5,14-15H2,1-4H3,(H,26,29)(H2,23,24,25);1H. The third-order valence-electron chi connectivity index (χ3n) is 4.22. The first-order chi connectivity index (χ1) is 14.4. The minimum Gasteiger partial charge on any atom is -0.453 e. The number of guanidine groups is 1. The molecule has 0 saturated heterocycles. The molecule has 2 aromatic carbocycles. The zero-order valence-electron chi connectivity index (χ0n) is 18.3. The quantitative estimate of drug-likeness (QED) is 0.285. The molecule has 0 aliphatic carbocycles. The molecule has 2 rings (SSSR count). The summed E-state index contributed by atoms with van der Waals surface area (Å²) in [5.41, 5.74) is 3.38. The summed E-state index contributed by atoms with van der Waals surface area (Å²) in [5.74, 6) is 0.680. The highest BCUT2D eigenvalue weighted by molar-refractivity contribution is 14.0. The molecule has 0 bridgehead atoms. The maximum atomic E-state index is 12.0. The maximum Gasteiger partial charge on any atom is 0.411 e. The van der Waals surface area contributed by atoms with E-state index in [1.54, 1.807) is 31.1 Å². The van der Waals surface area contributed by atoms with Crippen molar-refractivity contribution >= 4 is 47.6 Å². The van der Waals surface area contributed by atoms with Crippen molar-refractivity contribution in [1.82, 2.24) is 15.5 Å². The van der Waals surface area contributed by atoms with E-state index in [-0.39, 0.29) is 29.9 Å². The average Bonchev–Trinajstić information content (AvgIpc) is 2.76. The summed E-state index contributed by atoms with van der Waals surface area (Å²) in [7, 11) is 4.80. The van der Waals surface area contributed by atoms with Gasteiger partial charge in [-0.2, -0.15) is 0 Å². The first-order valence-electron chi connectivity index (χ1n) is 9.69. The summed E-state index contributed by atoms with van der Waals surface area (Å²) in [6.45, 7) is 3.82. The van der Waals surface area contributed by atoms with Crippen LogP contribution in [0.15, 0.2) is 53.5 Å². The number of halogens is 1. The highest BCUT2D eigenvalue weighted by atomic mass is 127. The van der Waals surface area contributed by atoms with Crippen LogP contribution in [0.3, 0.4) is 0 Å². The minimum absolute atomic E-state index is 0. The molecule has 2 aromatic rings. The van der Waals surface area contributed by atoms with Gasteiger partial charge in [-0.25, -0.2) is 9.79 Å². The zero-order chi connectivity index (χ0) is 21.9. The Morgan fingerprint density at radius 1 is 0.968 bits per heavy atom. The molecule has 0 saturated carbocycles. The van der Waals surface area contributed by atoms with E-state index in [1.807, 2.05) is 43.3 Å². The van der Waals surface area contributed by atoms with Crippen LogP contribution in [0.5, 0.6) is 0 Å². The molecule has 2 amide bonds. The molecule has 0 radical (unpaired) electrons. The van der Waals surface area contributed by atoms with E-state index in [1.165, 1.54) is 7.11 Å². The molecule has 168 valence electrons. The zero-order valence-corrected chi connectivity index (χ0v) is 20.6. The molecule has 0 aromatic heterocycles. The molecule has 0 aliphatic rings. The number of amides is 2. The second-order valence-corrected chi connectivity index (χ2v) is 6.76. The van der Waals surface area contributed by atoms with Crippen molar-refractivity contribution in [2.24, 2.45) is 4.99 Å². The molecule has 8 nitrogen and oxygen atoms in total. The number of aliphatic imine (C=N–C) groups is 1. The fourth-order valence-corrected chi connectivity index (χ4v) is 2.58. The first kappa shape index (κ1) is 26.2. The highest BCUT2D eigenvalue weighted by Gasteiger charge is 2.07. The average molecular weight is 539 g/mol. The van der Waals surface area contributed by atoms with Gasteiger partial charge in [0.1, 0.15) is 0 Å². The number of benzene rings is 2. The fourth-order valence-electron chi connectivity index (χ4n) is 2.58. The third kappa shape index (κ3) is 8.83. The lowest BCUT2D eigenvalue weighted by molar-refractivity contribution is 0.0827. The molecule has 0 heterocycles. The lowest BCUT2D eigenvalue weighted by atomic mass is 10.1. The molecule has 0 atom stereocenters. The summed E-state index contributed by atoms with van der Waals surface area (Å²) in [6.07, 6.45) is -0.501. The molecule has 9 heteroatoms. The van der Waals surface area contributed by atoms with Gasteiger partial charge in [-0.15, -0.1) is 24.0 Å². The molecule has 3 N–H and O–H groups in total. The highest BCUT2D eigenvalue weighted by Crippen LogP contribution is 2.11. The Labute approximate surface area is 200 Å². The Kier molecular flexibility index (Phi) is 11.4. The summed E-state index contributed by atoms with van der Waals surface area (Å²) in [5, 5.41) is 9.13. The van der Waals surface area contributed by atoms with Gasteiger partial charge in [-0.05, 0) is 42.3 Å². The Morgan fingerprint density at radius 3 is 2.13 bits per heavy atom. The van der Waals surface area contributed by atoms with Crippen LogP contribution in [0.1, 0.15) is 28.4 Å². The van der Waals surface area contributed by atoms with Gasteiger partial charge in [-0.1, -0.05) is 24.3 Å². The molecular weight excluding hydrogens is 509 g/mol. The number of nitrogens with zero attached hydrogens (tertiary/aromatic N) is 2. The normalized spacial score (nSPS) is 10.5. The number of methoxy groups -OCH3 is 1. The molecule has 0 aliphatic heterocycles. The molecule has 0 spiro atoms. The Hall–Kier alpha value is -2.82. The first-order valence-corrected chi connectivity index (χ1v) is 9.69. The smallest absolute Gasteiger partial charge is 0.411 e. The van der Waals surface area contributed by atoms with E-state index < -0.39 is 6.09 Å². The van der Waals surface area contributed by atoms with Crippen LogP contribution in [0, 0.1) is 0 Å². The molecule has 0 fully saturated rings. The number of hydrogen-bond donors (Lipinski definition) is 3. The largest absolute Gasteiger partial charge is 0.453 e. The number of carbonyl (C=O) groups is 2. The molecule has 31 heavy (non-hydrogen) atoms. The monoisotopic (exact) mass is 539 g/mol. The Morgan fingerprint density at radius 2 is 1.58 bits per heavy atom. The van der Waals surface area contributed by atoms with Gasteiger partial charge < -0.3 is 20.3 Å². The van der Waals surface area contributed by atoms with Crippen molar-refractivity contribution in [3.05, 3.63) is 65.2 Å². The topological polar surface area (TPSA) is 95.1 Å². The second kappa shape index (κ2) is 13.5. The van der Waals surface area contributed by atoms with E-state index >= 15 is 0 Å². The van der Waals surface area contributed by atoms with Gasteiger partial charge >= 0.3 is 6.09 Å². The van der Waals surface area contributed by atoms with Gasteiger partial charge in [0.15, 0.2) is 5.96 Å². The van der Waals surface area contributed by atoms with E-state index in [9.17, 15) is 9.59 Å². The SMILES string of the molecule is CCNC(=NCc1ccc(NC(=O)OC)cc1)NCc1ccc(C(=O)N(C)C)cc1.I. The van der Waals surface area contributed by atoms with Crippen LogP contribution in [0.2, 0.25) is 0 Å². The van der Waals surface area contributed by atoms with Crippen molar-refractivity contribution in [2.75, 3.05) is 33.1 Å². The van der Waals surface area contributed by atoms with Crippen molar-refractivity contribution < 1.29 is 14.3 Å². The number of nitrogens with one attached hydrogen (secondary N) is 3. The number of rotatable bonds is 7. The van der Waals surface area contributed by atoms with Crippen LogP contribution in [0.4, 0.5) is 10.5 Å². The van der Waals surface area contributed by atoms with E-state index in [0.717, 1.165) is 17.7 Å². The number of carbonyl (C=O) groups excluding carboxylic acids is 2. The summed E-state index contributed by atoms with van der Waals surface area (Å²) < 4.78 is 4.57. The van der Waals surface area contributed by atoms with E-state index in [4.69, 9.17) is 0 Å².